The van der Waals surface area contributed by atoms with Crippen molar-refractivity contribution in [2.24, 2.45) is 0 Å². The molecule has 0 spiro atoms. The zero-order valence-electron chi connectivity index (χ0n) is 8.75. The van der Waals surface area contributed by atoms with Gasteiger partial charge < -0.3 is 14.9 Å². The third-order valence-electron chi connectivity index (χ3n) is 2.00. The SMILES string of the molecule is COCc1c(C(=O)O)nnn1C(C)C(=O)O. The number of ether oxygens (including phenoxy) is 1. The third-order valence-corrected chi connectivity index (χ3v) is 2.00. The van der Waals surface area contributed by atoms with Crippen molar-refractivity contribution in [1.82, 2.24) is 15.0 Å². The molecule has 0 aliphatic carbocycles. The van der Waals surface area contributed by atoms with Crippen LogP contribution in [-0.2, 0) is 16.1 Å². The third kappa shape index (κ3) is 2.16. The largest absolute Gasteiger partial charge is 0.480 e. The summed E-state index contributed by atoms with van der Waals surface area (Å²) in [5.74, 6) is -2.39. The highest BCUT2D eigenvalue weighted by Crippen LogP contribution is 2.13. The second-order valence-electron chi connectivity index (χ2n) is 3.08. The quantitative estimate of drug-likeness (QED) is 0.716. The van der Waals surface area contributed by atoms with Gasteiger partial charge in [0.2, 0.25) is 0 Å². The highest BCUT2D eigenvalue weighted by Gasteiger charge is 2.24. The van der Waals surface area contributed by atoms with E-state index in [1.165, 1.54) is 14.0 Å². The number of aliphatic carboxylic acids is 1. The maximum absolute atomic E-state index is 10.8. The Morgan fingerprint density at radius 1 is 1.50 bits per heavy atom. The second-order valence-corrected chi connectivity index (χ2v) is 3.08. The zero-order chi connectivity index (χ0) is 12.3. The Morgan fingerprint density at radius 2 is 2.12 bits per heavy atom. The van der Waals surface area contributed by atoms with Crippen LogP contribution in [0.15, 0.2) is 0 Å². The van der Waals surface area contributed by atoms with Crippen molar-refractivity contribution < 1.29 is 24.5 Å². The van der Waals surface area contributed by atoms with E-state index in [0.717, 1.165) is 4.68 Å². The monoisotopic (exact) mass is 229 g/mol. The normalized spacial score (nSPS) is 12.4. The van der Waals surface area contributed by atoms with Crippen molar-refractivity contribution in [3.8, 4) is 0 Å². The average Bonchev–Trinajstić information content (AvgIpc) is 2.61. The van der Waals surface area contributed by atoms with Gasteiger partial charge in [-0.05, 0) is 6.92 Å². The first kappa shape index (κ1) is 12.1. The minimum atomic E-state index is -1.27. The van der Waals surface area contributed by atoms with E-state index in [-0.39, 0.29) is 18.0 Å². The van der Waals surface area contributed by atoms with E-state index in [4.69, 9.17) is 14.9 Å². The molecular formula is C8H11N3O5. The van der Waals surface area contributed by atoms with Crippen molar-refractivity contribution in [2.45, 2.75) is 19.6 Å². The fraction of sp³-hybridized carbons (Fsp3) is 0.500. The molecule has 0 bridgehead atoms. The fourth-order valence-electron chi connectivity index (χ4n) is 1.17. The van der Waals surface area contributed by atoms with E-state index in [9.17, 15) is 9.59 Å². The van der Waals surface area contributed by atoms with Gasteiger partial charge in [-0.25, -0.2) is 14.3 Å². The first-order valence-corrected chi connectivity index (χ1v) is 4.38. The summed E-state index contributed by atoms with van der Waals surface area (Å²) < 4.78 is 5.81. The molecule has 2 N–H and O–H groups in total. The van der Waals surface area contributed by atoms with Gasteiger partial charge in [0.15, 0.2) is 5.69 Å². The Bertz CT molecular complexity index is 414. The van der Waals surface area contributed by atoms with E-state index in [1.807, 2.05) is 0 Å². The van der Waals surface area contributed by atoms with Gasteiger partial charge in [0.1, 0.15) is 11.7 Å². The number of carboxylic acids is 2. The van der Waals surface area contributed by atoms with Gasteiger partial charge in [0, 0.05) is 7.11 Å². The van der Waals surface area contributed by atoms with Gasteiger partial charge in [-0.2, -0.15) is 0 Å². The Labute approximate surface area is 90.4 Å². The van der Waals surface area contributed by atoms with Crippen LogP contribution >= 0.6 is 0 Å². The smallest absolute Gasteiger partial charge is 0.358 e. The number of aromatic carboxylic acids is 1. The highest BCUT2D eigenvalue weighted by atomic mass is 16.5. The minimum absolute atomic E-state index is 0.0632. The number of hydrogen-bond acceptors (Lipinski definition) is 5. The molecule has 88 valence electrons. The summed E-state index contributed by atoms with van der Waals surface area (Å²) in [7, 11) is 1.37. The number of aromatic nitrogens is 3. The van der Waals surface area contributed by atoms with Crippen LogP contribution < -0.4 is 0 Å². The number of carboxylic acid groups (broad SMARTS) is 2. The maximum Gasteiger partial charge on any atom is 0.358 e. The molecule has 0 radical (unpaired) electrons. The van der Waals surface area contributed by atoms with Gasteiger partial charge >= 0.3 is 11.9 Å². The summed E-state index contributed by atoms with van der Waals surface area (Å²) in [6.45, 7) is 1.31. The Morgan fingerprint density at radius 3 is 2.56 bits per heavy atom. The molecule has 0 aliphatic heterocycles. The molecule has 8 heteroatoms. The lowest BCUT2D eigenvalue weighted by atomic mass is 10.3. The number of carbonyl (C=O) groups is 2. The molecular weight excluding hydrogens is 218 g/mol. The molecule has 0 saturated carbocycles. The van der Waals surface area contributed by atoms with E-state index in [2.05, 4.69) is 10.3 Å². The lowest BCUT2D eigenvalue weighted by Gasteiger charge is -2.09. The van der Waals surface area contributed by atoms with E-state index in [0.29, 0.717) is 0 Å². The van der Waals surface area contributed by atoms with Gasteiger partial charge in [0.25, 0.3) is 0 Å². The highest BCUT2D eigenvalue weighted by molar-refractivity contribution is 5.86. The van der Waals surface area contributed by atoms with Crippen LogP contribution in [-0.4, -0.2) is 44.3 Å². The number of rotatable bonds is 5. The maximum atomic E-state index is 10.8. The van der Waals surface area contributed by atoms with Crippen LogP contribution in [0.25, 0.3) is 0 Å². The number of nitrogens with zero attached hydrogens (tertiary/aromatic N) is 3. The van der Waals surface area contributed by atoms with Crippen LogP contribution in [0.5, 0.6) is 0 Å². The minimum Gasteiger partial charge on any atom is -0.480 e. The van der Waals surface area contributed by atoms with Gasteiger partial charge in [0.05, 0.1) is 6.61 Å². The van der Waals surface area contributed by atoms with Crippen molar-refractivity contribution >= 4 is 11.9 Å². The molecule has 0 amide bonds. The predicted molar refractivity (Wildman–Crippen MR) is 50.0 cm³/mol. The fourth-order valence-corrected chi connectivity index (χ4v) is 1.17. The van der Waals surface area contributed by atoms with Crippen LogP contribution in [0.4, 0.5) is 0 Å². The molecule has 0 aromatic carbocycles. The van der Waals surface area contributed by atoms with Gasteiger partial charge in [-0.15, -0.1) is 5.10 Å². The molecule has 0 aliphatic rings. The standard InChI is InChI=1S/C8H11N3O5/c1-4(7(12)13)11-5(3-16-2)6(8(14)15)9-10-11/h4H,3H2,1-2H3,(H,12,13)(H,14,15). The molecule has 1 rings (SSSR count). The van der Waals surface area contributed by atoms with Crippen molar-refractivity contribution in [2.75, 3.05) is 7.11 Å². The van der Waals surface area contributed by atoms with Gasteiger partial charge in [-0.3, -0.25) is 0 Å². The summed E-state index contributed by atoms with van der Waals surface area (Å²) in [4.78, 5) is 21.5. The predicted octanol–water partition coefficient (Wildman–Crippen LogP) is -0.232. The molecule has 1 aromatic heterocycles. The number of hydrogen-bond donors (Lipinski definition) is 2. The van der Waals surface area contributed by atoms with E-state index >= 15 is 0 Å². The average molecular weight is 229 g/mol. The van der Waals surface area contributed by atoms with Crippen molar-refractivity contribution in [3.63, 3.8) is 0 Å². The molecule has 1 unspecified atom stereocenters. The molecule has 1 aromatic rings. The molecule has 16 heavy (non-hydrogen) atoms. The summed E-state index contributed by atoms with van der Waals surface area (Å²) in [5.41, 5.74) is -0.167. The van der Waals surface area contributed by atoms with Crippen LogP contribution in [0, 0.1) is 0 Å². The lowest BCUT2D eigenvalue weighted by Crippen LogP contribution is -2.20. The van der Waals surface area contributed by atoms with Crippen molar-refractivity contribution in [1.29, 1.82) is 0 Å². The zero-order valence-corrected chi connectivity index (χ0v) is 8.75. The molecule has 1 heterocycles. The summed E-state index contributed by atoms with van der Waals surface area (Å²) in [5, 5.41) is 24.5. The summed E-state index contributed by atoms with van der Waals surface area (Å²) in [6, 6.07) is -0.995. The first-order chi connectivity index (χ1) is 7.49. The molecule has 0 saturated heterocycles. The Hall–Kier alpha value is -1.96. The molecule has 8 nitrogen and oxygen atoms in total. The van der Waals surface area contributed by atoms with Gasteiger partial charge in [-0.1, -0.05) is 5.21 Å². The Balaban J connectivity index is 3.19. The topological polar surface area (TPSA) is 115 Å². The second kappa shape index (κ2) is 4.71. The van der Waals surface area contributed by atoms with Crippen LogP contribution in [0.2, 0.25) is 0 Å². The molecule has 1 atom stereocenters. The van der Waals surface area contributed by atoms with Crippen molar-refractivity contribution in [3.05, 3.63) is 11.4 Å². The van der Waals surface area contributed by atoms with E-state index in [1.54, 1.807) is 0 Å². The molecule has 0 fully saturated rings. The number of methoxy groups -OCH3 is 1. The Kier molecular flexibility index (Phi) is 3.56. The van der Waals surface area contributed by atoms with Crippen LogP contribution in [0.1, 0.15) is 29.1 Å². The summed E-state index contributed by atoms with van der Waals surface area (Å²) in [6.07, 6.45) is 0. The van der Waals surface area contributed by atoms with Crippen LogP contribution in [0.3, 0.4) is 0 Å². The van der Waals surface area contributed by atoms with E-state index < -0.39 is 18.0 Å². The summed E-state index contributed by atoms with van der Waals surface area (Å²) >= 11 is 0. The lowest BCUT2D eigenvalue weighted by molar-refractivity contribution is -0.140. The first-order valence-electron chi connectivity index (χ1n) is 4.38.